The standard InChI is InChI=1S/C19H27N3O/c1-14-18(15(2)22(21-14)8-9-23)12-20-13-19(3)10-16-6-4-5-7-17(16)11-19/h4-7,20,23H,8-13H2,1-3H3. The van der Waals surface area contributed by atoms with Crippen LogP contribution < -0.4 is 5.32 Å². The minimum atomic E-state index is 0.130. The lowest BCUT2D eigenvalue weighted by Crippen LogP contribution is -2.32. The summed E-state index contributed by atoms with van der Waals surface area (Å²) in [5.41, 5.74) is 6.77. The molecule has 0 unspecified atom stereocenters. The van der Waals surface area contributed by atoms with E-state index in [1.165, 1.54) is 16.7 Å². The summed E-state index contributed by atoms with van der Waals surface area (Å²) in [5, 5.41) is 17.3. The van der Waals surface area contributed by atoms with Gasteiger partial charge in [0.15, 0.2) is 0 Å². The van der Waals surface area contributed by atoms with E-state index in [1.807, 2.05) is 11.6 Å². The average molecular weight is 313 g/mol. The Morgan fingerprint density at radius 2 is 1.87 bits per heavy atom. The number of rotatable bonds is 6. The minimum absolute atomic E-state index is 0.130. The maximum Gasteiger partial charge on any atom is 0.0644 e. The number of aromatic nitrogens is 2. The lowest BCUT2D eigenvalue weighted by Gasteiger charge is -2.24. The van der Waals surface area contributed by atoms with E-state index in [4.69, 9.17) is 5.11 Å². The maximum atomic E-state index is 9.11. The third-order valence-corrected chi connectivity index (χ3v) is 5.05. The van der Waals surface area contributed by atoms with Crippen molar-refractivity contribution in [3.05, 3.63) is 52.3 Å². The second-order valence-electron chi connectivity index (χ2n) is 7.13. The highest BCUT2D eigenvalue weighted by atomic mass is 16.3. The van der Waals surface area contributed by atoms with Crippen molar-refractivity contribution in [2.75, 3.05) is 13.2 Å². The van der Waals surface area contributed by atoms with E-state index < -0.39 is 0 Å². The molecule has 1 aromatic heterocycles. The summed E-state index contributed by atoms with van der Waals surface area (Å²) in [5.74, 6) is 0. The van der Waals surface area contributed by atoms with E-state index in [-0.39, 0.29) is 6.61 Å². The summed E-state index contributed by atoms with van der Waals surface area (Å²) in [4.78, 5) is 0. The fraction of sp³-hybridized carbons (Fsp3) is 0.526. The Kier molecular flexibility index (Phi) is 4.55. The normalized spacial score (nSPS) is 15.8. The molecule has 4 nitrogen and oxygen atoms in total. The van der Waals surface area contributed by atoms with E-state index in [2.05, 4.69) is 48.5 Å². The average Bonchev–Trinajstić information content (AvgIpc) is 2.98. The van der Waals surface area contributed by atoms with Crippen molar-refractivity contribution in [2.24, 2.45) is 5.41 Å². The van der Waals surface area contributed by atoms with Crippen LogP contribution in [-0.4, -0.2) is 28.0 Å². The van der Waals surface area contributed by atoms with E-state index in [0.29, 0.717) is 12.0 Å². The summed E-state index contributed by atoms with van der Waals surface area (Å²) < 4.78 is 1.90. The third kappa shape index (κ3) is 3.33. The zero-order chi connectivity index (χ0) is 16.4. The van der Waals surface area contributed by atoms with Crippen molar-refractivity contribution in [3.63, 3.8) is 0 Å². The second-order valence-corrected chi connectivity index (χ2v) is 7.13. The Hall–Kier alpha value is -1.65. The third-order valence-electron chi connectivity index (χ3n) is 5.05. The van der Waals surface area contributed by atoms with Crippen LogP contribution >= 0.6 is 0 Å². The first-order chi connectivity index (χ1) is 11.0. The number of hydrogen-bond acceptors (Lipinski definition) is 3. The molecule has 0 aliphatic heterocycles. The number of nitrogens with zero attached hydrogens (tertiary/aromatic N) is 2. The fourth-order valence-electron chi connectivity index (χ4n) is 3.80. The SMILES string of the molecule is Cc1nn(CCO)c(C)c1CNCC1(C)Cc2ccccc2C1. The molecule has 23 heavy (non-hydrogen) atoms. The molecule has 1 aliphatic rings. The van der Waals surface area contributed by atoms with Crippen molar-refractivity contribution < 1.29 is 5.11 Å². The zero-order valence-corrected chi connectivity index (χ0v) is 14.4. The largest absolute Gasteiger partial charge is 0.394 e. The highest BCUT2D eigenvalue weighted by Gasteiger charge is 2.32. The molecule has 0 saturated heterocycles. The molecule has 3 rings (SSSR count). The summed E-state index contributed by atoms with van der Waals surface area (Å²) >= 11 is 0. The summed E-state index contributed by atoms with van der Waals surface area (Å²) in [6, 6.07) is 8.79. The molecule has 0 spiro atoms. The summed E-state index contributed by atoms with van der Waals surface area (Å²) in [6.07, 6.45) is 2.30. The van der Waals surface area contributed by atoms with Gasteiger partial charge in [-0.3, -0.25) is 4.68 Å². The lowest BCUT2D eigenvalue weighted by molar-refractivity contribution is 0.267. The Balaban J connectivity index is 1.60. The van der Waals surface area contributed by atoms with Crippen LogP contribution in [0.4, 0.5) is 0 Å². The Labute approximate surface area is 138 Å². The first kappa shape index (κ1) is 16.2. The van der Waals surface area contributed by atoms with Crippen LogP contribution in [0, 0.1) is 19.3 Å². The van der Waals surface area contributed by atoms with Gasteiger partial charge in [-0.25, -0.2) is 0 Å². The Bertz CT molecular complexity index is 665. The highest BCUT2D eigenvalue weighted by molar-refractivity contribution is 5.34. The van der Waals surface area contributed by atoms with Crippen LogP contribution in [0.2, 0.25) is 0 Å². The number of aliphatic hydroxyl groups excluding tert-OH is 1. The zero-order valence-electron chi connectivity index (χ0n) is 14.4. The Morgan fingerprint density at radius 3 is 2.48 bits per heavy atom. The van der Waals surface area contributed by atoms with Gasteiger partial charge in [-0.1, -0.05) is 31.2 Å². The summed E-state index contributed by atoms with van der Waals surface area (Å²) in [6.45, 7) is 9.05. The molecule has 1 aromatic carbocycles. The molecular weight excluding hydrogens is 286 g/mol. The molecule has 2 aromatic rings. The molecule has 0 saturated carbocycles. The smallest absolute Gasteiger partial charge is 0.0644 e. The minimum Gasteiger partial charge on any atom is -0.394 e. The molecule has 124 valence electrons. The first-order valence-corrected chi connectivity index (χ1v) is 8.44. The lowest BCUT2D eigenvalue weighted by atomic mass is 9.87. The molecular formula is C19H27N3O. The quantitative estimate of drug-likeness (QED) is 0.861. The number of nitrogens with one attached hydrogen (secondary N) is 1. The predicted molar refractivity (Wildman–Crippen MR) is 92.5 cm³/mol. The maximum absolute atomic E-state index is 9.11. The van der Waals surface area contributed by atoms with Crippen LogP contribution in [0.5, 0.6) is 0 Å². The molecule has 0 radical (unpaired) electrons. The van der Waals surface area contributed by atoms with Gasteiger partial charge in [0.2, 0.25) is 0 Å². The van der Waals surface area contributed by atoms with Gasteiger partial charge in [-0.15, -0.1) is 0 Å². The van der Waals surface area contributed by atoms with Gasteiger partial charge in [-0.2, -0.15) is 5.10 Å². The van der Waals surface area contributed by atoms with Gasteiger partial charge in [0.05, 0.1) is 18.8 Å². The summed E-state index contributed by atoms with van der Waals surface area (Å²) in [7, 11) is 0. The second kappa shape index (κ2) is 6.46. The topological polar surface area (TPSA) is 50.1 Å². The van der Waals surface area contributed by atoms with E-state index in [1.54, 1.807) is 0 Å². The van der Waals surface area contributed by atoms with E-state index in [9.17, 15) is 0 Å². The van der Waals surface area contributed by atoms with E-state index >= 15 is 0 Å². The molecule has 2 N–H and O–H groups in total. The van der Waals surface area contributed by atoms with Crippen molar-refractivity contribution in [1.29, 1.82) is 0 Å². The van der Waals surface area contributed by atoms with Crippen molar-refractivity contribution in [3.8, 4) is 0 Å². The number of hydrogen-bond donors (Lipinski definition) is 2. The van der Waals surface area contributed by atoms with Gasteiger partial charge in [-0.05, 0) is 43.2 Å². The van der Waals surface area contributed by atoms with Gasteiger partial charge in [0.25, 0.3) is 0 Å². The fourth-order valence-corrected chi connectivity index (χ4v) is 3.80. The van der Waals surface area contributed by atoms with Crippen LogP contribution in [0.3, 0.4) is 0 Å². The van der Waals surface area contributed by atoms with Crippen LogP contribution in [0.15, 0.2) is 24.3 Å². The van der Waals surface area contributed by atoms with Gasteiger partial charge in [0.1, 0.15) is 0 Å². The predicted octanol–water partition coefficient (Wildman–Crippen LogP) is 2.39. The number of fused-ring (bicyclic) bond motifs is 1. The van der Waals surface area contributed by atoms with Gasteiger partial charge >= 0.3 is 0 Å². The van der Waals surface area contributed by atoms with E-state index in [0.717, 1.165) is 37.3 Å². The van der Waals surface area contributed by atoms with Crippen LogP contribution in [-0.2, 0) is 25.9 Å². The molecule has 4 heteroatoms. The highest BCUT2D eigenvalue weighted by Crippen LogP contribution is 2.36. The van der Waals surface area contributed by atoms with Crippen molar-refractivity contribution in [2.45, 2.75) is 46.7 Å². The molecule has 0 bridgehead atoms. The number of benzene rings is 1. The van der Waals surface area contributed by atoms with Gasteiger partial charge < -0.3 is 10.4 Å². The first-order valence-electron chi connectivity index (χ1n) is 8.44. The number of aryl methyl sites for hydroxylation is 1. The molecule has 1 heterocycles. The molecule has 0 atom stereocenters. The Morgan fingerprint density at radius 1 is 1.22 bits per heavy atom. The van der Waals surface area contributed by atoms with Crippen LogP contribution in [0.1, 0.15) is 35.0 Å². The molecule has 0 amide bonds. The van der Waals surface area contributed by atoms with Crippen molar-refractivity contribution >= 4 is 0 Å². The number of aliphatic hydroxyl groups is 1. The van der Waals surface area contributed by atoms with Crippen LogP contribution in [0.25, 0.3) is 0 Å². The molecule has 1 aliphatic carbocycles. The monoisotopic (exact) mass is 313 g/mol. The van der Waals surface area contributed by atoms with Crippen molar-refractivity contribution in [1.82, 2.24) is 15.1 Å². The molecule has 0 fully saturated rings. The van der Waals surface area contributed by atoms with Gasteiger partial charge in [0, 0.05) is 24.3 Å².